The third-order valence-electron chi connectivity index (χ3n) is 3.59. The van der Waals surface area contributed by atoms with Crippen molar-refractivity contribution < 1.29 is 24.1 Å². The average molecular weight is 334 g/mol. The maximum atomic E-state index is 8.90. The maximum Gasteiger partial charge on any atom is 0.0784 e. The van der Waals surface area contributed by atoms with Crippen LogP contribution < -0.4 is 0 Å². The molecule has 0 saturated heterocycles. The quantitative estimate of drug-likeness (QED) is 0.498. The Bertz CT molecular complexity index is 262. The summed E-state index contributed by atoms with van der Waals surface area (Å²) < 4.78 is 22.9. The van der Waals surface area contributed by atoms with Gasteiger partial charge in [0.2, 0.25) is 0 Å². The maximum absolute atomic E-state index is 8.90. The molecular weight excluding hydrogens is 296 g/mol. The lowest BCUT2D eigenvalue weighted by Crippen LogP contribution is -2.29. The molecular formula is C18H38O5. The monoisotopic (exact) mass is 334 g/mol. The van der Waals surface area contributed by atoms with Crippen molar-refractivity contribution in [2.75, 3.05) is 26.4 Å². The van der Waals surface area contributed by atoms with E-state index in [-0.39, 0.29) is 31.0 Å². The van der Waals surface area contributed by atoms with Crippen LogP contribution in [0.5, 0.6) is 0 Å². The molecule has 23 heavy (non-hydrogen) atoms. The fourth-order valence-electron chi connectivity index (χ4n) is 2.11. The number of aliphatic hydroxyl groups excluding tert-OH is 1. The Kier molecular flexibility index (Phi) is 14.0. The second kappa shape index (κ2) is 14.2. The summed E-state index contributed by atoms with van der Waals surface area (Å²) in [5, 5.41) is 8.90. The average Bonchev–Trinajstić information content (AvgIpc) is 2.55. The highest BCUT2D eigenvalue weighted by atomic mass is 16.6. The van der Waals surface area contributed by atoms with Gasteiger partial charge in [0.05, 0.1) is 56.9 Å². The van der Waals surface area contributed by atoms with Crippen molar-refractivity contribution in [3.63, 3.8) is 0 Å². The highest BCUT2D eigenvalue weighted by Crippen LogP contribution is 2.10. The SMILES string of the molecule is CCCC(CC)OC(C)COC(C)COC(C)COC(C)CO. The minimum absolute atomic E-state index is 0.0160. The third kappa shape index (κ3) is 12.8. The summed E-state index contributed by atoms with van der Waals surface area (Å²) in [7, 11) is 0. The van der Waals surface area contributed by atoms with Crippen LogP contribution in [0.3, 0.4) is 0 Å². The minimum atomic E-state index is -0.151. The van der Waals surface area contributed by atoms with E-state index >= 15 is 0 Å². The zero-order valence-corrected chi connectivity index (χ0v) is 15.9. The Labute approximate surface area is 142 Å². The lowest BCUT2D eigenvalue weighted by molar-refractivity contribution is -0.0996. The molecule has 1 N–H and O–H groups in total. The molecule has 0 aliphatic heterocycles. The van der Waals surface area contributed by atoms with E-state index in [2.05, 4.69) is 20.8 Å². The van der Waals surface area contributed by atoms with Gasteiger partial charge >= 0.3 is 0 Å². The van der Waals surface area contributed by atoms with Gasteiger partial charge in [-0.15, -0.1) is 0 Å². The number of aliphatic hydroxyl groups is 1. The Balaban J connectivity index is 3.78. The predicted octanol–water partition coefficient (Wildman–Crippen LogP) is 3.18. The van der Waals surface area contributed by atoms with Gasteiger partial charge in [-0.05, 0) is 40.5 Å². The Morgan fingerprint density at radius 3 is 1.65 bits per heavy atom. The van der Waals surface area contributed by atoms with Gasteiger partial charge in [-0.25, -0.2) is 0 Å². The van der Waals surface area contributed by atoms with Gasteiger partial charge < -0.3 is 24.1 Å². The van der Waals surface area contributed by atoms with Crippen molar-refractivity contribution in [3.05, 3.63) is 0 Å². The standard InChI is InChI=1S/C18H38O5/c1-7-9-18(8-2)23-17(6)13-22-16(5)12-21-15(4)11-20-14(3)10-19/h14-19H,7-13H2,1-6H3. The first kappa shape index (κ1) is 22.8. The van der Waals surface area contributed by atoms with Crippen LogP contribution in [-0.4, -0.2) is 62.1 Å². The van der Waals surface area contributed by atoms with E-state index in [1.54, 1.807) is 0 Å². The lowest BCUT2D eigenvalue weighted by atomic mass is 10.1. The van der Waals surface area contributed by atoms with Crippen LogP contribution in [0.15, 0.2) is 0 Å². The predicted molar refractivity (Wildman–Crippen MR) is 92.9 cm³/mol. The number of hydrogen-bond acceptors (Lipinski definition) is 5. The normalized spacial score (nSPS) is 18.4. The summed E-state index contributed by atoms with van der Waals surface area (Å²) in [6.07, 6.45) is 3.57. The third-order valence-corrected chi connectivity index (χ3v) is 3.59. The molecule has 0 aromatic heterocycles. The smallest absolute Gasteiger partial charge is 0.0784 e. The highest BCUT2D eigenvalue weighted by Gasteiger charge is 2.14. The van der Waals surface area contributed by atoms with Gasteiger partial charge in [0, 0.05) is 0 Å². The Morgan fingerprint density at radius 1 is 0.739 bits per heavy atom. The van der Waals surface area contributed by atoms with Crippen molar-refractivity contribution in [1.82, 2.24) is 0 Å². The van der Waals surface area contributed by atoms with Gasteiger partial charge in [-0.3, -0.25) is 0 Å². The van der Waals surface area contributed by atoms with Crippen molar-refractivity contribution in [3.8, 4) is 0 Å². The van der Waals surface area contributed by atoms with E-state index in [4.69, 9.17) is 24.1 Å². The van der Waals surface area contributed by atoms with Crippen LogP contribution in [0, 0.1) is 0 Å². The van der Waals surface area contributed by atoms with Crippen LogP contribution in [-0.2, 0) is 18.9 Å². The molecule has 5 heteroatoms. The van der Waals surface area contributed by atoms with Crippen LogP contribution in [0.4, 0.5) is 0 Å². The largest absolute Gasteiger partial charge is 0.394 e. The van der Waals surface area contributed by atoms with E-state index in [0.29, 0.717) is 25.9 Å². The van der Waals surface area contributed by atoms with Crippen molar-refractivity contribution in [1.29, 1.82) is 0 Å². The summed E-state index contributed by atoms with van der Waals surface area (Å²) in [4.78, 5) is 0. The second-order valence-electron chi connectivity index (χ2n) is 6.38. The van der Waals surface area contributed by atoms with Gasteiger partial charge in [0.25, 0.3) is 0 Å². The van der Waals surface area contributed by atoms with Crippen LogP contribution in [0.1, 0.15) is 60.8 Å². The van der Waals surface area contributed by atoms with E-state index < -0.39 is 0 Å². The Morgan fingerprint density at radius 2 is 1.22 bits per heavy atom. The van der Waals surface area contributed by atoms with Gasteiger partial charge in [-0.2, -0.15) is 0 Å². The van der Waals surface area contributed by atoms with E-state index in [1.807, 2.05) is 20.8 Å². The summed E-state index contributed by atoms with van der Waals surface area (Å²) in [6, 6.07) is 0. The zero-order chi connectivity index (χ0) is 17.7. The lowest BCUT2D eigenvalue weighted by Gasteiger charge is -2.23. The van der Waals surface area contributed by atoms with Gasteiger partial charge in [-0.1, -0.05) is 20.3 Å². The summed E-state index contributed by atoms with van der Waals surface area (Å²) >= 11 is 0. The molecule has 5 nitrogen and oxygen atoms in total. The fourth-order valence-corrected chi connectivity index (χ4v) is 2.11. The van der Waals surface area contributed by atoms with Crippen molar-refractivity contribution in [2.45, 2.75) is 91.3 Å². The molecule has 0 bridgehead atoms. The van der Waals surface area contributed by atoms with Crippen molar-refractivity contribution in [2.24, 2.45) is 0 Å². The van der Waals surface area contributed by atoms with Crippen LogP contribution in [0.2, 0.25) is 0 Å². The molecule has 0 aromatic carbocycles. The molecule has 5 atom stereocenters. The molecule has 0 aliphatic carbocycles. The zero-order valence-electron chi connectivity index (χ0n) is 15.9. The molecule has 0 rings (SSSR count). The molecule has 5 unspecified atom stereocenters. The molecule has 0 aromatic rings. The highest BCUT2D eigenvalue weighted by molar-refractivity contribution is 4.60. The number of rotatable bonds is 15. The first-order valence-corrected chi connectivity index (χ1v) is 9.03. The summed E-state index contributed by atoms with van der Waals surface area (Å²) in [5.41, 5.74) is 0. The number of ether oxygens (including phenoxy) is 4. The van der Waals surface area contributed by atoms with Crippen LogP contribution >= 0.6 is 0 Å². The van der Waals surface area contributed by atoms with E-state index in [9.17, 15) is 0 Å². The van der Waals surface area contributed by atoms with Crippen LogP contribution in [0.25, 0.3) is 0 Å². The molecule has 0 radical (unpaired) electrons. The Hall–Kier alpha value is -0.200. The fraction of sp³-hybridized carbons (Fsp3) is 1.00. The van der Waals surface area contributed by atoms with Gasteiger partial charge in [0.15, 0.2) is 0 Å². The summed E-state index contributed by atoms with van der Waals surface area (Å²) in [6.45, 7) is 13.8. The van der Waals surface area contributed by atoms with E-state index in [1.165, 1.54) is 0 Å². The topological polar surface area (TPSA) is 57.2 Å². The molecule has 0 spiro atoms. The molecule has 0 fully saturated rings. The minimum Gasteiger partial charge on any atom is -0.394 e. The molecule has 0 heterocycles. The summed E-state index contributed by atoms with van der Waals surface area (Å²) in [5.74, 6) is 0. The van der Waals surface area contributed by atoms with Crippen molar-refractivity contribution >= 4 is 0 Å². The second-order valence-corrected chi connectivity index (χ2v) is 6.38. The molecule has 0 amide bonds. The molecule has 0 aliphatic rings. The molecule has 0 saturated carbocycles. The van der Waals surface area contributed by atoms with Gasteiger partial charge in [0.1, 0.15) is 0 Å². The first-order valence-electron chi connectivity index (χ1n) is 9.03. The first-order chi connectivity index (χ1) is 10.9. The van der Waals surface area contributed by atoms with E-state index in [0.717, 1.165) is 19.3 Å². The molecule has 140 valence electrons. The number of hydrogen-bond donors (Lipinski definition) is 1.